The maximum Gasteiger partial charge on any atom is 0.340 e. The summed E-state index contributed by atoms with van der Waals surface area (Å²) in [5.41, 5.74) is 1.53. The lowest BCUT2D eigenvalue weighted by molar-refractivity contribution is -0.144. The maximum atomic E-state index is 13.1. The Labute approximate surface area is 160 Å². The molecule has 1 saturated heterocycles. The van der Waals surface area contributed by atoms with E-state index in [0.717, 1.165) is 12.0 Å². The molecule has 4 rings (SSSR count). The first-order valence-corrected chi connectivity index (χ1v) is 9.07. The summed E-state index contributed by atoms with van der Waals surface area (Å²) >= 11 is 5.96. The quantitative estimate of drug-likeness (QED) is 0.622. The van der Waals surface area contributed by atoms with Gasteiger partial charge in [0.05, 0.1) is 5.39 Å². The summed E-state index contributed by atoms with van der Waals surface area (Å²) in [5, 5.41) is 0.915. The van der Waals surface area contributed by atoms with Crippen LogP contribution in [-0.2, 0) is 9.53 Å². The molecule has 5 nitrogen and oxygen atoms in total. The van der Waals surface area contributed by atoms with Crippen molar-refractivity contribution in [2.75, 3.05) is 6.61 Å². The lowest BCUT2D eigenvalue weighted by atomic mass is 10.1. The molecule has 138 valence electrons. The van der Waals surface area contributed by atoms with E-state index in [1.165, 1.54) is 0 Å². The lowest BCUT2D eigenvalue weighted by Crippen LogP contribution is -2.27. The van der Waals surface area contributed by atoms with Gasteiger partial charge in [-0.3, -0.25) is 4.79 Å². The monoisotopic (exact) mass is 384 g/mol. The Morgan fingerprint density at radius 2 is 1.96 bits per heavy atom. The number of aryl methyl sites for hydroxylation is 1. The van der Waals surface area contributed by atoms with Crippen molar-refractivity contribution in [3.63, 3.8) is 0 Å². The molecule has 1 aromatic heterocycles. The number of carbonyl (C=O) groups excluding carboxylic acids is 1. The van der Waals surface area contributed by atoms with Crippen LogP contribution in [0.5, 0.6) is 5.75 Å². The van der Waals surface area contributed by atoms with Crippen LogP contribution in [0.2, 0.25) is 5.02 Å². The molecule has 0 bridgehead atoms. The number of fused-ring (bicyclic) bond motifs is 1. The molecule has 1 atom stereocenters. The van der Waals surface area contributed by atoms with Crippen LogP contribution in [0.4, 0.5) is 0 Å². The molecule has 0 amide bonds. The highest BCUT2D eigenvalue weighted by Crippen LogP contribution is 2.32. The molecule has 0 radical (unpaired) electrons. The van der Waals surface area contributed by atoms with Crippen molar-refractivity contribution in [3.8, 4) is 17.1 Å². The number of esters is 1. The molecule has 0 spiro atoms. The van der Waals surface area contributed by atoms with E-state index < -0.39 is 17.5 Å². The number of hydrogen-bond donors (Lipinski definition) is 0. The van der Waals surface area contributed by atoms with E-state index in [1.54, 1.807) is 36.4 Å². The minimum atomic E-state index is -0.657. The molecular weight excluding hydrogens is 368 g/mol. The highest BCUT2D eigenvalue weighted by atomic mass is 35.5. The van der Waals surface area contributed by atoms with Crippen LogP contribution in [0.1, 0.15) is 18.4 Å². The molecular formula is C21H17ClO5. The van der Waals surface area contributed by atoms with Crippen molar-refractivity contribution >= 4 is 28.5 Å². The normalized spacial score (nSPS) is 16.6. The summed E-state index contributed by atoms with van der Waals surface area (Å²) in [7, 11) is 0. The van der Waals surface area contributed by atoms with Crippen molar-refractivity contribution in [3.05, 3.63) is 63.3 Å². The zero-order valence-corrected chi connectivity index (χ0v) is 15.4. The van der Waals surface area contributed by atoms with Gasteiger partial charge in [0.1, 0.15) is 5.58 Å². The zero-order chi connectivity index (χ0) is 19.0. The van der Waals surface area contributed by atoms with Crippen molar-refractivity contribution in [2.24, 2.45) is 0 Å². The molecule has 0 unspecified atom stereocenters. The van der Waals surface area contributed by atoms with Crippen molar-refractivity contribution in [2.45, 2.75) is 25.9 Å². The summed E-state index contributed by atoms with van der Waals surface area (Å²) in [6.45, 7) is 2.39. The Hall–Kier alpha value is -2.63. The first-order valence-electron chi connectivity index (χ1n) is 8.69. The minimum Gasteiger partial charge on any atom is -0.452 e. The molecule has 27 heavy (non-hydrogen) atoms. The summed E-state index contributed by atoms with van der Waals surface area (Å²) < 4.78 is 16.8. The number of hydrogen-bond acceptors (Lipinski definition) is 5. The average Bonchev–Trinajstić information content (AvgIpc) is 3.20. The van der Waals surface area contributed by atoms with Crippen LogP contribution in [0.15, 0.2) is 51.7 Å². The van der Waals surface area contributed by atoms with Crippen molar-refractivity contribution < 1.29 is 18.7 Å². The number of rotatable bonds is 3. The average molecular weight is 385 g/mol. The van der Waals surface area contributed by atoms with E-state index in [0.29, 0.717) is 34.6 Å². The summed E-state index contributed by atoms with van der Waals surface area (Å²) in [4.78, 5) is 25.5. The fraction of sp³-hybridized carbons (Fsp3) is 0.238. The van der Waals surface area contributed by atoms with Crippen LogP contribution < -0.4 is 10.2 Å². The third kappa shape index (κ3) is 3.48. The fourth-order valence-electron chi connectivity index (χ4n) is 3.11. The molecule has 6 heteroatoms. The molecule has 0 saturated carbocycles. The molecule has 2 heterocycles. The predicted molar refractivity (Wildman–Crippen MR) is 102 cm³/mol. The number of halogens is 1. The standard InChI is InChI=1S/C21H17ClO5/c1-12-4-9-16-15(11-12)18(23)20(27-21(24)17-3-2-10-25-17)19(26-16)13-5-7-14(22)8-6-13/h4-9,11,17H,2-3,10H2,1H3/t17-/m0/s1. The van der Waals surface area contributed by atoms with E-state index in [4.69, 9.17) is 25.5 Å². The number of ether oxygens (including phenoxy) is 2. The van der Waals surface area contributed by atoms with Crippen molar-refractivity contribution in [1.82, 2.24) is 0 Å². The van der Waals surface area contributed by atoms with Crippen LogP contribution >= 0.6 is 11.6 Å². The van der Waals surface area contributed by atoms with Gasteiger partial charge in [-0.25, -0.2) is 4.79 Å². The van der Waals surface area contributed by atoms with E-state index in [-0.39, 0.29) is 11.5 Å². The first-order chi connectivity index (χ1) is 13.0. The maximum absolute atomic E-state index is 13.1. The highest BCUT2D eigenvalue weighted by molar-refractivity contribution is 6.30. The molecule has 1 fully saturated rings. The third-order valence-corrected chi connectivity index (χ3v) is 4.76. The molecule has 2 aromatic carbocycles. The Morgan fingerprint density at radius 3 is 2.67 bits per heavy atom. The van der Waals surface area contributed by atoms with Gasteiger partial charge in [-0.05, 0) is 56.2 Å². The second-order valence-corrected chi connectivity index (χ2v) is 6.96. The topological polar surface area (TPSA) is 65.7 Å². The van der Waals surface area contributed by atoms with E-state index >= 15 is 0 Å². The number of carbonyl (C=O) groups is 1. The Balaban J connectivity index is 1.88. The largest absolute Gasteiger partial charge is 0.452 e. The summed E-state index contributed by atoms with van der Waals surface area (Å²) in [6, 6.07) is 12.1. The van der Waals surface area contributed by atoms with E-state index in [9.17, 15) is 9.59 Å². The zero-order valence-electron chi connectivity index (χ0n) is 14.7. The summed E-state index contributed by atoms with van der Waals surface area (Å²) in [5.74, 6) is -0.516. The second-order valence-electron chi connectivity index (χ2n) is 6.52. The summed E-state index contributed by atoms with van der Waals surface area (Å²) in [6.07, 6.45) is 0.707. The van der Waals surface area contributed by atoms with Crippen LogP contribution in [-0.4, -0.2) is 18.7 Å². The van der Waals surface area contributed by atoms with Crippen LogP contribution in [0, 0.1) is 6.92 Å². The van der Waals surface area contributed by atoms with Crippen molar-refractivity contribution in [1.29, 1.82) is 0 Å². The lowest BCUT2D eigenvalue weighted by Gasteiger charge is -2.13. The van der Waals surface area contributed by atoms with Gasteiger partial charge in [0.25, 0.3) is 0 Å². The van der Waals surface area contributed by atoms with Gasteiger partial charge < -0.3 is 13.9 Å². The smallest absolute Gasteiger partial charge is 0.340 e. The molecule has 0 aliphatic carbocycles. The van der Waals surface area contributed by atoms with Crippen LogP contribution in [0.25, 0.3) is 22.3 Å². The van der Waals surface area contributed by atoms with Gasteiger partial charge in [-0.1, -0.05) is 23.2 Å². The van der Waals surface area contributed by atoms with Crippen LogP contribution in [0.3, 0.4) is 0 Å². The second kappa shape index (κ2) is 7.18. The SMILES string of the molecule is Cc1ccc2oc(-c3ccc(Cl)cc3)c(OC(=O)[C@@H]3CCCO3)c(=O)c2c1. The third-order valence-electron chi connectivity index (χ3n) is 4.51. The molecule has 1 aliphatic heterocycles. The molecule has 0 N–H and O–H groups in total. The Kier molecular flexibility index (Phi) is 4.72. The fourth-order valence-corrected chi connectivity index (χ4v) is 3.23. The molecule has 1 aliphatic rings. The Morgan fingerprint density at radius 1 is 1.19 bits per heavy atom. The van der Waals surface area contributed by atoms with Gasteiger partial charge >= 0.3 is 5.97 Å². The van der Waals surface area contributed by atoms with Gasteiger partial charge in [0, 0.05) is 17.2 Å². The van der Waals surface area contributed by atoms with Gasteiger partial charge in [0.2, 0.25) is 11.2 Å². The predicted octanol–water partition coefficient (Wildman–Crippen LogP) is 4.51. The highest BCUT2D eigenvalue weighted by Gasteiger charge is 2.28. The Bertz CT molecular complexity index is 1060. The van der Waals surface area contributed by atoms with Gasteiger partial charge in [-0.2, -0.15) is 0 Å². The van der Waals surface area contributed by atoms with Gasteiger partial charge in [-0.15, -0.1) is 0 Å². The minimum absolute atomic E-state index is 0.129. The van der Waals surface area contributed by atoms with Gasteiger partial charge in [0.15, 0.2) is 11.9 Å². The molecule has 3 aromatic rings. The van der Waals surface area contributed by atoms with E-state index in [2.05, 4.69) is 0 Å². The first kappa shape index (κ1) is 17.8. The van der Waals surface area contributed by atoms with E-state index in [1.807, 2.05) is 13.0 Å². The number of benzene rings is 2.